The summed E-state index contributed by atoms with van der Waals surface area (Å²) in [7, 11) is 0. The van der Waals surface area contributed by atoms with Crippen LogP contribution in [0.15, 0.2) is 11.6 Å². The average Bonchev–Trinajstić information content (AvgIpc) is 2.91. The maximum atomic E-state index is 12.3. The van der Waals surface area contributed by atoms with Gasteiger partial charge in [-0.05, 0) is 31.9 Å². The van der Waals surface area contributed by atoms with Crippen molar-refractivity contribution in [2.45, 2.75) is 45.8 Å². The van der Waals surface area contributed by atoms with Crippen LogP contribution in [0, 0.1) is 11.3 Å². The van der Waals surface area contributed by atoms with Gasteiger partial charge in [0.05, 0.1) is 11.7 Å². The summed E-state index contributed by atoms with van der Waals surface area (Å²) in [5, 5.41) is 10.2. The van der Waals surface area contributed by atoms with Crippen LogP contribution in [0.2, 0.25) is 0 Å². The van der Waals surface area contributed by atoms with Crippen molar-refractivity contribution in [3.05, 3.63) is 11.6 Å². The lowest BCUT2D eigenvalue weighted by atomic mass is 9.71. The van der Waals surface area contributed by atoms with E-state index in [0.29, 0.717) is 30.6 Å². The molecule has 142 valence electrons. The number of rotatable bonds is 6. The molecule has 1 N–H and O–H groups in total. The molecule has 2 saturated heterocycles. The lowest BCUT2D eigenvalue weighted by molar-refractivity contribution is -0.146. The number of carboxylic acids is 1. The number of piperidine rings is 1. The Bertz CT molecular complexity index is 525. The number of thioether (sulfide) groups is 1. The molecule has 2 aliphatic heterocycles. The van der Waals surface area contributed by atoms with Crippen LogP contribution >= 0.6 is 11.8 Å². The Kier molecular flexibility index (Phi) is 6.97. The van der Waals surface area contributed by atoms with Crippen LogP contribution in [0.25, 0.3) is 0 Å². The smallest absolute Gasteiger partial charge is 0.308 e. The fourth-order valence-corrected chi connectivity index (χ4v) is 4.67. The number of carbonyl (C=O) groups is 2. The van der Waals surface area contributed by atoms with Gasteiger partial charge in [-0.15, -0.1) is 11.8 Å². The maximum Gasteiger partial charge on any atom is 0.308 e. The van der Waals surface area contributed by atoms with Crippen molar-refractivity contribution in [1.82, 2.24) is 9.80 Å². The maximum absolute atomic E-state index is 12.3. The topological polar surface area (TPSA) is 60.9 Å². The highest BCUT2D eigenvalue weighted by Gasteiger charge is 2.51. The Hall–Kier alpha value is -1.01. The predicted octanol–water partition coefficient (Wildman–Crippen LogP) is 2.72. The zero-order valence-corrected chi connectivity index (χ0v) is 16.8. The van der Waals surface area contributed by atoms with E-state index in [1.807, 2.05) is 11.8 Å². The van der Waals surface area contributed by atoms with E-state index in [1.165, 1.54) is 5.57 Å². The molecule has 2 aliphatic rings. The summed E-state index contributed by atoms with van der Waals surface area (Å²) < 4.78 is 0. The van der Waals surface area contributed by atoms with E-state index in [-0.39, 0.29) is 17.2 Å². The summed E-state index contributed by atoms with van der Waals surface area (Å²) in [5.41, 5.74) is 1.10. The van der Waals surface area contributed by atoms with E-state index in [4.69, 9.17) is 0 Å². The van der Waals surface area contributed by atoms with E-state index in [0.717, 1.165) is 25.9 Å². The fraction of sp³-hybridized carbons (Fsp3) is 0.789. The van der Waals surface area contributed by atoms with Gasteiger partial charge in [0.15, 0.2) is 0 Å². The van der Waals surface area contributed by atoms with Gasteiger partial charge < -0.3 is 10.0 Å². The highest BCUT2D eigenvalue weighted by Crippen LogP contribution is 2.45. The largest absolute Gasteiger partial charge is 0.481 e. The summed E-state index contributed by atoms with van der Waals surface area (Å²) in [4.78, 5) is 28.4. The third-order valence-electron chi connectivity index (χ3n) is 5.63. The summed E-state index contributed by atoms with van der Waals surface area (Å²) in [6.07, 6.45) is 3.69. The van der Waals surface area contributed by atoms with Crippen molar-refractivity contribution in [2.75, 3.05) is 38.5 Å². The van der Waals surface area contributed by atoms with Crippen LogP contribution in [0.5, 0.6) is 0 Å². The molecular formula is C19H32N2O3S. The second-order valence-corrected chi connectivity index (χ2v) is 9.36. The SMILES string of the molecule is CC=C(C)CN1CC(C(=O)O)C2(CCN(C(=O)CSC(C)C)CC2)C1. The quantitative estimate of drug-likeness (QED) is 0.731. The minimum absolute atomic E-state index is 0.179. The number of nitrogens with zero attached hydrogens (tertiary/aromatic N) is 2. The monoisotopic (exact) mass is 368 g/mol. The zero-order chi connectivity index (χ0) is 18.6. The van der Waals surface area contributed by atoms with Gasteiger partial charge in [0.1, 0.15) is 0 Å². The first-order chi connectivity index (χ1) is 11.8. The molecule has 6 heteroatoms. The number of carboxylic acid groups (broad SMARTS) is 1. The third kappa shape index (κ3) is 5.00. The number of allylic oxidation sites excluding steroid dienone is 1. The minimum atomic E-state index is -0.684. The zero-order valence-electron chi connectivity index (χ0n) is 16.0. The molecule has 2 rings (SSSR count). The number of aliphatic carboxylic acids is 1. The van der Waals surface area contributed by atoms with E-state index in [1.54, 1.807) is 11.8 Å². The standard InChI is InChI=1S/C19H32N2O3S/c1-5-15(4)10-20-11-16(18(23)24)19(13-20)6-8-21(9-7-19)17(22)12-25-14(2)3/h5,14,16H,6-13H2,1-4H3,(H,23,24). The van der Waals surface area contributed by atoms with Gasteiger partial charge in [0.25, 0.3) is 0 Å². The molecule has 0 saturated carbocycles. The van der Waals surface area contributed by atoms with Crippen LogP contribution < -0.4 is 0 Å². The Labute approximate surface area is 155 Å². The van der Waals surface area contributed by atoms with E-state index < -0.39 is 5.97 Å². The Morgan fingerprint density at radius 2 is 1.96 bits per heavy atom. The number of hydrogen-bond donors (Lipinski definition) is 1. The Morgan fingerprint density at radius 3 is 2.48 bits per heavy atom. The molecule has 25 heavy (non-hydrogen) atoms. The number of amides is 1. The van der Waals surface area contributed by atoms with Crippen LogP contribution in [0.3, 0.4) is 0 Å². The second-order valence-electron chi connectivity index (χ2n) is 7.80. The van der Waals surface area contributed by atoms with Crippen LogP contribution in [-0.4, -0.2) is 70.5 Å². The van der Waals surface area contributed by atoms with Gasteiger partial charge in [0, 0.05) is 38.1 Å². The van der Waals surface area contributed by atoms with E-state index in [2.05, 4.69) is 31.7 Å². The van der Waals surface area contributed by atoms with Crippen molar-refractivity contribution in [1.29, 1.82) is 0 Å². The molecular weight excluding hydrogens is 336 g/mol. The van der Waals surface area contributed by atoms with Gasteiger partial charge in [-0.25, -0.2) is 0 Å². The lowest BCUT2D eigenvalue weighted by Gasteiger charge is -2.41. The average molecular weight is 369 g/mol. The summed E-state index contributed by atoms with van der Waals surface area (Å²) in [6.45, 7) is 12.0. The lowest BCUT2D eigenvalue weighted by Crippen LogP contribution is -2.48. The number of likely N-dealkylation sites (tertiary alicyclic amines) is 2. The molecule has 0 aromatic carbocycles. The van der Waals surface area contributed by atoms with Crippen molar-refractivity contribution in [3.8, 4) is 0 Å². The van der Waals surface area contributed by atoms with Gasteiger partial charge in [-0.3, -0.25) is 14.5 Å². The fourth-order valence-electron chi connectivity index (χ4n) is 4.01. The molecule has 0 aromatic rings. The number of hydrogen-bond acceptors (Lipinski definition) is 4. The summed E-state index contributed by atoms with van der Waals surface area (Å²) >= 11 is 1.67. The van der Waals surface area contributed by atoms with Gasteiger partial charge in [0.2, 0.25) is 5.91 Å². The molecule has 1 atom stereocenters. The van der Waals surface area contributed by atoms with E-state index in [9.17, 15) is 14.7 Å². The van der Waals surface area contributed by atoms with Crippen LogP contribution in [0.1, 0.15) is 40.5 Å². The molecule has 2 heterocycles. The third-order valence-corrected chi connectivity index (χ3v) is 6.71. The first-order valence-corrected chi connectivity index (χ1v) is 10.3. The first kappa shape index (κ1) is 20.3. The molecule has 1 amide bonds. The molecule has 0 aromatic heterocycles. The molecule has 0 bridgehead atoms. The molecule has 0 radical (unpaired) electrons. The second kappa shape index (κ2) is 8.58. The Morgan fingerprint density at radius 1 is 1.32 bits per heavy atom. The van der Waals surface area contributed by atoms with Gasteiger partial charge in [-0.2, -0.15) is 0 Å². The summed E-state index contributed by atoms with van der Waals surface area (Å²) in [6, 6.07) is 0. The summed E-state index contributed by atoms with van der Waals surface area (Å²) in [5.74, 6) is -0.283. The molecule has 5 nitrogen and oxygen atoms in total. The van der Waals surface area contributed by atoms with Crippen molar-refractivity contribution >= 4 is 23.6 Å². The highest BCUT2D eigenvalue weighted by atomic mass is 32.2. The van der Waals surface area contributed by atoms with E-state index >= 15 is 0 Å². The molecule has 2 fully saturated rings. The first-order valence-electron chi connectivity index (χ1n) is 9.24. The molecule has 1 spiro atoms. The highest BCUT2D eigenvalue weighted by molar-refractivity contribution is 8.00. The van der Waals surface area contributed by atoms with Crippen molar-refractivity contribution in [2.24, 2.45) is 11.3 Å². The van der Waals surface area contributed by atoms with Crippen LogP contribution in [-0.2, 0) is 9.59 Å². The number of carbonyl (C=O) groups excluding carboxylic acids is 1. The molecule has 1 unspecified atom stereocenters. The minimum Gasteiger partial charge on any atom is -0.481 e. The molecule has 0 aliphatic carbocycles. The Balaban J connectivity index is 1.98. The van der Waals surface area contributed by atoms with Crippen LogP contribution in [0.4, 0.5) is 0 Å². The van der Waals surface area contributed by atoms with Crippen molar-refractivity contribution in [3.63, 3.8) is 0 Å². The van der Waals surface area contributed by atoms with Gasteiger partial charge >= 0.3 is 5.97 Å². The van der Waals surface area contributed by atoms with Crippen molar-refractivity contribution < 1.29 is 14.7 Å². The predicted molar refractivity (Wildman–Crippen MR) is 103 cm³/mol. The normalized spacial score (nSPS) is 24.3. The van der Waals surface area contributed by atoms with Gasteiger partial charge in [-0.1, -0.05) is 25.5 Å².